The van der Waals surface area contributed by atoms with Crippen molar-refractivity contribution in [2.75, 3.05) is 33.2 Å². The fourth-order valence-electron chi connectivity index (χ4n) is 2.77. The SMILES string of the molecule is CC(C(=O)c1c([O-])on[n+]1-c1ccccc1)N1CCN(C)CC1. The molecule has 2 heterocycles. The Morgan fingerprint density at radius 1 is 1.26 bits per heavy atom. The van der Waals surface area contributed by atoms with Gasteiger partial charge in [-0.1, -0.05) is 18.2 Å². The molecule has 0 amide bonds. The summed E-state index contributed by atoms with van der Waals surface area (Å²) in [5.74, 6) is -0.954. The van der Waals surface area contributed by atoms with Gasteiger partial charge in [-0.3, -0.25) is 9.69 Å². The van der Waals surface area contributed by atoms with Crippen LogP contribution in [-0.4, -0.2) is 60.1 Å². The minimum absolute atomic E-state index is 0.0253. The van der Waals surface area contributed by atoms with E-state index in [1.54, 1.807) is 12.1 Å². The van der Waals surface area contributed by atoms with E-state index in [1.165, 1.54) is 4.68 Å². The van der Waals surface area contributed by atoms with E-state index in [0.717, 1.165) is 26.2 Å². The van der Waals surface area contributed by atoms with E-state index >= 15 is 0 Å². The highest BCUT2D eigenvalue weighted by atomic mass is 16.6. The van der Waals surface area contributed by atoms with Crippen molar-refractivity contribution in [3.63, 3.8) is 0 Å². The van der Waals surface area contributed by atoms with Gasteiger partial charge in [0.25, 0.3) is 0 Å². The van der Waals surface area contributed by atoms with Gasteiger partial charge in [-0.2, -0.15) is 0 Å². The molecule has 1 aromatic carbocycles. The van der Waals surface area contributed by atoms with Gasteiger partial charge in [-0.15, -0.1) is 0 Å². The molecule has 23 heavy (non-hydrogen) atoms. The number of carbonyl (C=O) groups is 1. The van der Waals surface area contributed by atoms with Gasteiger partial charge < -0.3 is 14.5 Å². The highest BCUT2D eigenvalue weighted by molar-refractivity contribution is 5.98. The van der Waals surface area contributed by atoms with E-state index in [4.69, 9.17) is 4.52 Å². The Morgan fingerprint density at radius 2 is 1.91 bits per heavy atom. The van der Waals surface area contributed by atoms with Crippen LogP contribution in [0.3, 0.4) is 0 Å². The van der Waals surface area contributed by atoms with Crippen LogP contribution in [0.2, 0.25) is 0 Å². The molecule has 1 unspecified atom stereocenters. The van der Waals surface area contributed by atoms with Crippen LogP contribution in [0.5, 0.6) is 5.95 Å². The molecule has 0 saturated carbocycles. The quantitative estimate of drug-likeness (QED) is 0.576. The predicted molar refractivity (Wildman–Crippen MR) is 80.3 cm³/mol. The average molecular weight is 316 g/mol. The molecule has 1 atom stereocenters. The molecule has 2 aromatic rings. The predicted octanol–water partition coefficient (Wildman–Crippen LogP) is -0.156. The maximum atomic E-state index is 12.8. The van der Waals surface area contributed by atoms with Crippen molar-refractivity contribution < 1.29 is 19.1 Å². The molecule has 0 bridgehead atoms. The van der Waals surface area contributed by atoms with E-state index in [0.29, 0.717) is 5.69 Å². The summed E-state index contributed by atoms with van der Waals surface area (Å²) in [6.07, 6.45) is 0. The zero-order chi connectivity index (χ0) is 16.4. The van der Waals surface area contributed by atoms with Crippen molar-refractivity contribution in [1.29, 1.82) is 0 Å². The second kappa shape index (κ2) is 6.47. The molecule has 0 radical (unpaired) electrons. The minimum Gasteiger partial charge on any atom is -0.539 e. The highest BCUT2D eigenvalue weighted by Gasteiger charge is 2.34. The first-order chi connectivity index (χ1) is 11.1. The molecule has 122 valence electrons. The number of benzene rings is 1. The largest absolute Gasteiger partial charge is 0.539 e. The number of hydrogen-bond donors (Lipinski definition) is 0. The van der Waals surface area contributed by atoms with E-state index < -0.39 is 5.95 Å². The van der Waals surface area contributed by atoms with Gasteiger partial charge in [-0.25, -0.2) is 0 Å². The Bertz CT molecular complexity index is 678. The molecule has 7 heteroatoms. The summed E-state index contributed by atoms with van der Waals surface area (Å²) in [4.78, 5) is 17.1. The van der Waals surface area contributed by atoms with Gasteiger partial charge in [-0.05, 0) is 18.7 Å². The number of nitrogens with zero attached hydrogens (tertiary/aromatic N) is 4. The van der Waals surface area contributed by atoms with Crippen molar-refractivity contribution in [2.24, 2.45) is 0 Å². The first-order valence-corrected chi connectivity index (χ1v) is 7.69. The van der Waals surface area contributed by atoms with E-state index in [2.05, 4.69) is 22.1 Å². The lowest BCUT2D eigenvalue weighted by Gasteiger charge is -2.35. The summed E-state index contributed by atoms with van der Waals surface area (Å²) < 4.78 is 6.02. The second-order valence-corrected chi connectivity index (χ2v) is 5.84. The van der Waals surface area contributed by atoms with Gasteiger partial charge in [0.15, 0.2) is 5.95 Å². The summed E-state index contributed by atoms with van der Waals surface area (Å²) in [5.41, 5.74) is 0.606. The van der Waals surface area contributed by atoms with Crippen molar-refractivity contribution in [1.82, 2.24) is 15.1 Å². The molecule has 0 aliphatic carbocycles. The zero-order valence-corrected chi connectivity index (χ0v) is 13.3. The van der Waals surface area contributed by atoms with Crippen molar-refractivity contribution in [3.8, 4) is 11.6 Å². The van der Waals surface area contributed by atoms with E-state index in [1.807, 2.05) is 25.1 Å². The maximum Gasteiger partial charge on any atom is 0.307 e. The third-order valence-corrected chi connectivity index (χ3v) is 4.31. The van der Waals surface area contributed by atoms with E-state index in [-0.39, 0.29) is 17.5 Å². The lowest BCUT2D eigenvalue weighted by molar-refractivity contribution is -0.672. The molecule has 1 aliphatic rings. The molecule has 1 fully saturated rings. The summed E-state index contributed by atoms with van der Waals surface area (Å²) in [5, 5.41) is 15.7. The van der Waals surface area contributed by atoms with Crippen LogP contribution in [0.25, 0.3) is 5.69 Å². The van der Waals surface area contributed by atoms with Crippen LogP contribution in [-0.2, 0) is 0 Å². The molecular weight excluding hydrogens is 296 g/mol. The lowest BCUT2D eigenvalue weighted by Crippen LogP contribution is -2.52. The standard InChI is InChI=1S/C16H20N4O3/c1-12(19-10-8-18(2)9-11-19)15(21)14-16(22)23-17-20(14)13-6-4-3-5-7-13/h3-7,12H,8-11H2,1-2H3. The number of carbonyl (C=O) groups excluding carboxylic acids is 1. The van der Waals surface area contributed by atoms with Gasteiger partial charge in [0, 0.05) is 38.3 Å². The number of hydrogen-bond acceptors (Lipinski definition) is 6. The summed E-state index contributed by atoms with van der Waals surface area (Å²) >= 11 is 0. The third kappa shape index (κ3) is 3.11. The smallest absolute Gasteiger partial charge is 0.307 e. The van der Waals surface area contributed by atoms with Crippen LogP contribution in [0.1, 0.15) is 17.4 Å². The summed E-state index contributed by atoms with van der Waals surface area (Å²) in [7, 11) is 2.06. The number of aromatic nitrogens is 2. The summed E-state index contributed by atoms with van der Waals surface area (Å²) in [6.45, 7) is 5.24. The Labute approximate surface area is 134 Å². The summed E-state index contributed by atoms with van der Waals surface area (Å²) in [6, 6.07) is 8.67. The zero-order valence-electron chi connectivity index (χ0n) is 13.3. The number of para-hydroxylation sites is 1. The Kier molecular flexibility index (Phi) is 4.40. The van der Waals surface area contributed by atoms with Crippen LogP contribution in [0.15, 0.2) is 34.9 Å². The van der Waals surface area contributed by atoms with Crippen LogP contribution < -0.4 is 9.79 Å². The molecule has 3 rings (SSSR count). The molecule has 1 aromatic heterocycles. The van der Waals surface area contributed by atoms with Crippen molar-refractivity contribution in [2.45, 2.75) is 13.0 Å². The topological polar surface area (TPSA) is 76.5 Å². The minimum atomic E-state index is -0.695. The second-order valence-electron chi connectivity index (χ2n) is 5.84. The molecule has 0 N–H and O–H groups in total. The molecule has 1 aliphatic heterocycles. The fourth-order valence-corrected chi connectivity index (χ4v) is 2.77. The lowest BCUT2D eigenvalue weighted by atomic mass is 10.1. The maximum absolute atomic E-state index is 12.8. The van der Waals surface area contributed by atoms with Crippen LogP contribution >= 0.6 is 0 Å². The Morgan fingerprint density at radius 3 is 2.57 bits per heavy atom. The fraction of sp³-hybridized carbons (Fsp3) is 0.438. The molecule has 7 nitrogen and oxygen atoms in total. The van der Waals surface area contributed by atoms with Crippen LogP contribution in [0.4, 0.5) is 0 Å². The third-order valence-electron chi connectivity index (χ3n) is 4.31. The van der Waals surface area contributed by atoms with Crippen LogP contribution in [0, 0.1) is 0 Å². The number of rotatable bonds is 4. The number of Topliss-reactive ketones (excluding diaryl/α,β-unsaturated/α-hetero) is 1. The first-order valence-electron chi connectivity index (χ1n) is 7.69. The molecular formula is C16H20N4O3. The molecule has 1 saturated heterocycles. The normalized spacial score (nSPS) is 18.0. The number of piperazine rings is 1. The number of ketones is 1. The van der Waals surface area contributed by atoms with Gasteiger partial charge >= 0.3 is 5.69 Å². The highest BCUT2D eigenvalue weighted by Crippen LogP contribution is 2.16. The van der Waals surface area contributed by atoms with Gasteiger partial charge in [0.2, 0.25) is 11.5 Å². The number of likely N-dealkylation sites (N-methyl/N-ethyl adjacent to an activating group) is 1. The average Bonchev–Trinajstić information content (AvgIpc) is 2.96. The Hall–Kier alpha value is -2.25. The van der Waals surface area contributed by atoms with Crippen molar-refractivity contribution >= 4 is 5.78 Å². The molecule has 0 spiro atoms. The first kappa shape index (κ1) is 15.6. The van der Waals surface area contributed by atoms with Gasteiger partial charge in [0.05, 0.1) is 11.3 Å². The Balaban J connectivity index is 1.86. The van der Waals surface area contributed by atoms with E-state index in [9.17, 15) is 9.90 Å². The van der Waals surface area contributed by atoms with Crippen molar-refractivity contribution in [3.05, 3.63) is 36.0 Å². The van der Waals surface area contributed by atoms with Gasteiger partial charge in [0.1, 0.15) is 0 Å². The monoisotopic (exact) mass is 316 g/mol.